The van der Waals surface area contributed by atoms with E-state index in [9.17, 15) is 14.0 Å². The van der Waals surface area contributed by atoms with E-state index in [2.05, 4.69) is 17.6 Å². The molecule has 1 heterocycles. The third kappa shape index (κ3) is 5.24. The minimum absolute atomic E-state index is 0.0481. The summed E-state index contributed by atoms with van der Waals surface area (Å²) in [6, 6.07) is 4.77. The number of hydrogen-bond donors (Lipinski definition) is 2. The molecule has 3 rings (SSSR count). The molecular weight excluding hydrogens is 357 g/mol. The first-order valence-corrected chi connectivity index (χ1v) is 10.6. The molecule has 28 heavy (non-hydrogen) atoms. The molecule has 2 N–H and O–H groups in total. The average molecular weight is 390 g/mol. The van der Waals surface area contributed by atoms with E-state index in [4.69, 9.17) is 0 Å². The number of amides is 3. The van der Waals surface area contributed by atoms with Gasteiger partial charge in [-0.2, -0.15) is 0 Å². The summed E-state index contributed by atoms with van der Waals surface area (Å²) in [7, 11) is 0. The zero-order chi connectivity index (χ0) is 20.1. The summed E-state index contributed by atoms with van der Waals surface area (Å²) < 4.78 is 13.7. The Balaban J connectivity index is 1.71. The van der Waals surface area contributed by atoms with E-state index in [1.54, 1.807) is 17.9 Å². The number of likely N-dealkylation sites (tertiary alicyclic amines) is 1. The summed E-state index contributed by atoms with van der Waals surface area (Å²) in [5.41, 5.74) is 1.51. The minimum Gasteiger partial charge on any atom is -0.356 e. The molecule has 6 heteroatoms. The molecule has 1 aliphatic carbocycles. The van der Waals surface area contributed by atoms with Crippen LogP contribution < -0.4 is 10.6 Å². The van der Waals surface area contributed by atoms with Crippen molar-refractivity contribution in [3.8, 4) is 0 Å². The van der Waals surface area contributed by atoms with Crippen molar-refractivity contribution in [1.29, 1.82) is 0 Å². The number of unbranched alkanes of at least 4 members (excludes halogenated alkanes) is 1. The number of rotatable bonds is 7. The van der Waals surface area contributed by atoms with Gasteiger partial charge in [-0.05, 0) is 62.1 Å². The van der Waals surface area contributed by atoms with Crippen LogP contribution in [-0.4, -0.2) is 36.5 Å². The Labute approximate surface area is 167 Å². The molecule has 0 bridgehead atoms. The van der Waals surface area contributed by atoms with Gasteiger partial charge in [-0.15, -0.1) is 0 Å². The monoisotopic (exact) mass is 389 g/mol. The number of nitrogens with one attached hydrogen (secondary N) is 2. The molecule has 2 atom stereocenters. The van der Waals surface area contributed by atoms with Crippen molar-refractivity contribution in [2.75, 3.05) is 19.6 Å². The van der Waals surface area contributed by atoms with Crippen LogP contribution in [-0.2, 0) is 4.79 Å². The highest BCUT2D eigenvalue weighted by atomic mass is 19.1. The summed E-state index contributed by atoms with van der Waals surface area (Å²) in [6.45, 7) is 5.59. The first-order valence-electron chi connectivity index (χ1n) is 10.6. The fraction of sp³-hybridized carbons (Fsp3) is 0.636. The Kier molecular flexibility index (Phi) is 6.92. The molecule has 1 aromatic rings. The predicted octanol–water partition coefficient (Wildman–Crippen LogP) is 3.92. The summed E-state index contributed by atoms with van der Waals surface area (Å²) in [6.07, 6.45) is 5.76. The van der Waals surface area contributed by atoms with E-state index in [1.807, 2.05) is 6.07 Å². The number of carbonyl (C=O) groups excluding carboxylic acids is 2. The van der Waals surface area contributed by atoms with E-state index < -0.39 is 0 Å². The van der Waals surface area contributed by atoms with Gasteiger partial charge in [0.1, 0.15) is 5.82 Å². The Morgan fingerprint density at radius 2 is 1.96 bits per heavy atom. The normalized spacial score (nSPS) is 22.0. The van der Waals surface area contributed by atoms with E-state index in [-0.39, 0.29) is 29.7 Å². The van der Waals surface area contributed by atoms with Crippen molar-refractivity contribution < 1.29 is 14.0 Å². The fourth-order valence-corrected chi connectivity index (χ4v) is 3.82. The number of piperidine rings is 1. The molecule has 3 amide bonds. The molecule has 2 fully saturated rings. The maximum Gasteiger partial charge on any atom is 0.317 e. The first kappa shape index (κ1) is 20.6. The molecule has 0 aromatic heterocycles. The van der Waals surface area contributed by atoms with Crippen LogP contribution in [0.5, 0.6) is 0 Å². The van der Waals surface area contributed by atoms with Crippen LogP contribution in [0.2, 0.25) is 0 Å². The lowest BCUT2D eigenvalue weighted by Crippen LogP contribution is -2.50. The second kappa shape index (κ2) is 9.39. The minimum atomic E-state index is -0.240. The Morgan fingerprint density at radius 1 is 1.18 bits per heavy atom. The highest BCUT2D eigenvalue weighted by molar-refractivity contribution is 5.81. The molecule has 5 nitrogen and oxygen atoms in total. The van der Waals surface area contributed by atoms with Crippen LogP contribution in [0.1, 0.15) is 62.6 Å². The van der Waals surface area contributed by atoms with E-state index in [1.165, 1.54) is 18.9 Å². The van der Waals surface area contributed by atoms with Gasteiger partial charge in [0.25, 0.3) is 0 Å². The van der Waals surface area contributed by atoms with Crippen molar-refractivity contribution in [3.63, 3.8) is 0 Å². The molecule has 1 aliphatic heterocycles. The lowest BCUT2D eigenvalue weighted by molar-refractivity contribution is -0.126. The third-order valence-electron chi connectivity index (χ3n) is 5.85. The molecule has 1 aromatic carbocycles. The first-order chi connectivity index (χ1) is 13.5. The number of benzene rings is 1. The van der Waals surface area contributed by atoms with Gasteiger partial charge < -0.3 is 15.5 Å². The highest BCUT2D eigenvalue weighted by Gasteiger charge is 2.36. The predicted molar refractivity (Wildman–Crippen MR) is 107 cm³/mol. The van der Waals surface area contributed by atoms with Gasteiger partial charge >= 0.3 is 6.03 Å². The highest BCUT2D eigenvalue weighted by Crippen LogP contribution is 2.34. The van der Waals surface area contributed by atoms with E-state index >= 15 is 0 Å². The number of carbonyl (C=O) groups is 2. The van der Waals surface area contributed by atoms with Crippen molar-refractivity contribution in [3.05, 3.63) is 35.1 Å². The molecule has 0 unspecified atom stereocenters. The second-order valence-corrected chi connectivity index (χ2v) is 8.23. The Morgan fingerprint density at radius 3 is 2.64 bits per heavy atom. The van der Waals surface area contributed by atoms with Crippen LogP contribution in [0.25, 0.3) is 0 Å². The summed E-state index contributed by atoms with van der Waals surface area (Å²) in [4.78, 5) is 27.2. The van der Waals surface area contributed by atoms with Gasteiger partial charge in [0.05, 0.1) is 12.0 Å². The zero-order valence-electron chi connectivity index (χ0n) is 17.0. The Bertz CT molecular complexity index is 705. The molecule has 0 radical (unpaired) electrons. The van der Waals surface area contributed by atoms with Gasteiger partial charge in [0.2, 0.25) is 5.91 Å². The van der Waals surface area contributed by atoms with Gasteiger partial charge in [0.15, 0.2) is 0 Å². The zero-order valence-corrected chi connectivity index (χ0v) is 17.0. The summed E-state index contributed by atoms with van der Waals surface area (Å²) >= 11 is 0. The van der Waals surface area contributed by atoms with Crippen LogP contribution in [0.4, 0.5) is 9.18 Å². The van der Waals surface area contributed by atoms with E-state index in [0.29, 0.717) is 31.0 Å². The fourth-order valence-electron chi connectivity index (χ4n) is 3.82. The van der Waals surface area contributed by atoms with Crippen molar-refractivity contribution >= 4 is 11.9 Å². The quantitative estimate of drug-likeness (QED) is 0.694. The summed E-state index contributed by atoms with van der Waals surface area (Å²) in [5.74, 6) is 0.257. The molecule has 2 aliphatic rings. The van der Waals surface area contributed by atoms with Crippen molar-refractivity contribution in [2.24, 2.45) is 11.8 Å². The van der Waals surface area contributed by atoms with Gasteiger partial charge in [-0.25, -0.2) is 9.18 Å². The van der Waals surface area contributed by atoms with Gasteiger partial charge in [-0.3, -0.25) is 4.79 Å². The lowest BCUT2D eigenvalue weighted by atomic mass is 9.88. The lowest BCUT2D eigenvalue weighted by Gasteiger charge is -2.39. The number of urea groups is 1. The number of aryl methyl sites for hydroxylation is 1. The number of hydrogen-bond acceptors (Lipinski definition) is 2. The molecule has 1 saturated carbocycles. The maximum absolute atomic E-state index is 13.7. The Hall–Kier alpha value is -2.11. The SMILES string of the molecule is CCCCNC(=O)N1C[C@H](C(=O)NCC2CC2)CC[C@@H]1c1ccc(F)c(C)c1. The topological polar surface area (TPSA) is 61.4 Å². The number of nitrogens with zero attached hydrogens (tertiary/aromatic N) is 1. The van der Waals surface area contributed by atoms with Crippen LogP contribution in [0.15, 0.2) is 18.2 Å². The van der Waals surface area contributed by atoms with Crippen LogP contribution >= 0.6 is 0 Å². The molecule has 0 spiro atoms. The smallest absolute Gasteiger partial charge is 0.317 e. The standard InChI is InChI=1S/C22H32FN3O2/c1-3-4-11-24-22(28)26-14-18(21(27)25-13-16-5-6-16)8-10-20(26)17-7-9-19(23)15(2)12-17/h7,9,12,16,18,20H,3-6,8,10-11,13-14H2,1-2H3,(H,24,28)(H,25,27)/t18-,20-/m1/s1. The second-order valence-electron chi connectivity index (χ2n) is 8.23. The van der Waals surface area contributed by atoms with Gasteiger partial charge in [0, 0.05) is 19.6 Å². The van der Waals surface area contributed by atoms with Crippen LogP contribution in [0, 0.1) is 24.6 Å². The third-order valence-corrected chi connectivity index (χ3v) is 5.85. The number of halogens is 1. The molecule has 1 saturated heterocycles. The van der Waals surface area contributed by atoms with Crippen LogP contribution in [0.3, 0.4) is 0 Å². The van der Waals surface area contributed by atoms with E-state index in [0.717, 1.165) is 31.4 Å². The van der Waals surface area contributed by atoms with Crippen molar-refractivity contribution in [1.82, 2.24) is 15.5 Å². The molecular formula is C22H32FN3O2. The van der Waals surface area contributed by atoms with Crippen molar-refractivity contribution in [2.45, 2.75) is 58.4 Å². The molecule has 154 valence electrons. The summed E-state index contributed by atoms with van der Waals surface area (Å²) in [5, 5.41) is 6.03. The van der Waals surface area contributed by atoms with Gasteiger partial charge in [-0.1, -0.05) is 25.5 Å². The largest absolute Gasteiger partial charge is 0.356 e. The average Bonchev–Trinajstić information content (AvgIpc) is 3.52. The maximum atomic E-state index is 13.7.